The molecule has 0 aromatic heterocycles. The van der Waals surface area contributed by atoms with E-state index in [1.807, 2.05) is 5.32 Å². The van der Waals surface area contributed by atoms with Crippen LogP contribution >= 0.6 is 12.4 Å². The van der Waals surface area contributed by atoms with Crippen molar-refractivity contribution in [1.29, 1.82) is 0 Å². The minimum atomic E-state index is -2.06. The SMILES string of the molecule is CC(C)(C)OC(=O)NC(CO)C(=O)O.CCC(=O)C(CO)NC(=O)OC(C)(C)C.CCC(=O)C(COC(C)=O)NC(=O)OC(C)(C)C.CCC(=O)C(CO[Si](C)(C)C(C)(C)C)NC(=O)OC(C)(C)C.CCC(=O)C(N)COC(C)=O.CON(C)C(=O)C(CO)NC(=O)OC(C)(C)C.CON(C)C(=O)C(CO[Si](C)(C)C(C)(C)C)NC(=O)OC(C)(C)C.Cl.[Br-].[CH2-]C.[Mg+2]. The van der Waals surface area contributed by atoms with Gasteiger partial charge in [-0.05, 0) is 161 Å². The van der Waals surface area contributed by atoms with Crippen LogP contribution in [0.3, 0.4) is 0 Å². The number of halogens is 2. The number of esters is 2. The minimum absolute atomic E-state index is 0. The number of ketones is 4. The van der Waals surface area contributed by atoms with Crippen LogP contribution in [-0.4, -0.2) is 310 Å². The van der Waals surface area contributed by atoms with Crippen LogP contribution in [0.5, 0.6) is 0 Å². The number of amides is 8. The molecule has 0 spiro atoms. The molecule has 0 rings (SSSR count). The number of aliphatic carboxylic acids is 1. The number of carbonyl (C=O) groups is 15. The number of carboxylic acids is 1. The Hall–Kier alpha value is -6.70. The molecule has 0 heterocycles. The average Bonchev–Trinajstić information content (AvgIpc) is 0.834. The predicted molar refractivity (Wildman–Crippen MR) is 480 cm³/mol. The molecule has 0 aromatic rings. The van der Waals surface area contributed by atoms with Crippen LogP contribution in [0.1, 0.15) is 240 Å². The van der Waals surface area contributed by atoms with Gasteiger partial charge in [0.05, 0.1) is 53.3 Å². The minimum Gasteiger partial charge on any atom is -1.00 e. The summed E-state index contributed by atoms with van der Waals surface area (Å²) in [5.74, 6) is -3.78. The van der Waals surface area contributed by atoms with Gasteiger partial charge in [0.15, 0.2) is 45.8 Å². The van der Waals surface area contributed by atoms with Gasteiger partial charge in [-0.25, -0.2) is 43.7 Å². The van der Waals surface area contributed by atoms with E-state index >= 15 is 0 Å². The molecule has 40 nitrogen and oxygen atoms in total. The van der Waals surface area contributed by atoms with Crippen LogP contribution in [0.2, 0.25) is 36.3 Å². The number of carbonyl (C=O) groups excluding carboxylic acids is 14. The molecular weight excluding hydrogens is 1790 g/mol. The fourth-order valence-corrected chi connectivity index (χ4v) is 9.07. The second kappa shape index (κ2) is 68.4. The van der Waals surface area contributed by atoms with Crippen LogP contribution in [0.25, 0.3) is 0 Å². The van der Waals surface area contributed by atoms with Gasteiger partial charge in [-0.15, -0.1) is 12.4 Å². The molecular formula is C81H161BrClMgN9O31Si2. The topological polar surface area (TPSA) is 552 Å². The molecule has 0 aromatic carbocycles. The Morgan fingerprint density at radius 1 is 0.365 bits per heavy atom. The van der Waals surface area contributed by atoms with Gasteiger partial charge in [0, 0.05) is 53.6 Å². The van der Waals surface area contributed by atoms with E-state index in [1.54, 1.807) is 159 Å². The van der Waals surface area contributed by atoms with Gasteiger partial charge in [-0.2, -0.15) is 6.92 Å². The number of hydrogen-bond acceptors (Lipinski definition) is 31. The summed E-state index contributed by atoms with van der Waals surface area (Å²) in [6.45, 7) is 65.0. The fourth-order valence-electron chi connectivity index (χ4n) is 7.04. The first-order valence-electron chi connectivity index (χ1n) is 40.1. The first-order valence-corrected chi connectivity index (χ1v) is 45.9. The molecule has 0 fully saturated rings. The van der Waals surface area contributed by atoms with E-state index in [4.69, 9.17) is 73.0 Å². The predicted octanol–water partition coefficient (Wildman–Crippen LogP) is 6.66. The van der Waals surface area contributed by atoms with Crippen LogP contribution in [-0.2, 0) is 99.6 Å². The molecule has 0 saturated carbocycles. The Bertz CT molecular complexity index is 3200. The number of likely N-dealkylation sites (N-methyl/N-ethyl adjacent to an activating group) is 2. The molecule has 0 saturated heterocycles. The average molecular weight is 1950 g/mol. The number of aliphatic hydroxyl groups excluding tert-OH is 3. The zero-order valence-electron chi connectivity index (χ0n) is 82.8. The summed E-state index contributed by atoms with van der Waals surface area (Å²) in [4.78, 5) is 180. The molecule has 126 heavy (non-hydrogen) atoms. The second-order valence-electron chi connectivity index (χ2n) is 35.7. The van der Waals surface area contributed by atoms with Gasteiger partial charge in [-0.1, -0.05) is 69.2 Å². The van der Waals surface area contributed by atoms with E-state index in [0.29, 0.717) is 12.8 Å². The summed E-state index contributed by atoms with van der Waals surface area (Å²) in [7, 11) is 1.52. The van der Waals surface area contributed by atoms with Crippen molar-refractivity contribution in [3.8, 4) is 0 Å². The van der Waals surface area contributed by atoms with Gasteiger partial charge in [0.1, 0.15) is 77.0 Å². The van der Waals surface area contributed by atoms with Crippen LogP contribution < -0.4 is 54.6 Å². The maximum absolute atomic E-state index is 12.4. The summed E-state index contributed by atoms with van der Waals surface area (Å²) in [6, 6.07) is -6.35. The number of hydrogen-bond donors (Lipinski definition) is 11. The molecule has 0 radical (unpaired) electrons. The number of carboxylic acid groups (broad SMARTS) is 1. The number of nitrogens with one attached hydrogen (secondary N) is 6. The molecule has 0 aliphatic heterocycles. The molecule has 7 unspecified atom stereocenters. The van der Waals surface area contributed by atoms with Crippen molar-refractivity contribution in [2.24, 2.45) is 5.73 Å². The number of nitrogens with zero attached hydrogens (tertiary/aromatic N) is 2. The van der Waals surface area contributed by atoms with Crippen LogP contribution in [0.4, 0.5) is 28.8 Å². The third-order valence-electron chi connectivity index (χ3n) is 15.5. The zero-order valence-corrected chi connectivity index (χ0v) is 88.6. The Labute approximate surface area is 784 Å². The fraction of sp³-hybridized carbons (Fsp3) is 0.802. The summed E-state index contributed by atoms with van der Waals surface area (Å²) in [5, 5.41) is 51.2. The van der Waals surface area contributed by atoms with Gasteiger partial charge >= 0.3 is 77.5 Å². The molecule has 740 valence electrons. The van der Waals surface area contributed by atoms with E-state index in [0.717, 1.165) is 10.1 Å². The van der Waals surface area contributed by atoms with Crippen molar-refractivity contribution in [2.45, 2.75) is 352 Å². The largest absolute Gasteiger partial charge is 2.00 e. The van der Waals surface area contributed by atoms with Gasteiger partial charge in [0.2, 0.25) is 0 Å². The van der Waals surface area contributed by atoms with E-state index in [2.05, 4.69) is 111 Å². The summed E-state index contributed by atoms with van der Waals surface area (Å²) < 4.78 is 51.6. The molecule has 0 bridgehead atoms. The maximum Gasteiger partial charge on any atom is 2.00 e. The normalized spacial score (nSPS) is 12.9. The van der Waals surface area contributed by atoms with Gasteiger partial charge < -0.3 is 129 Å². The van der Waals surface area contributed by atoms with Crippen molar-refractivity contribution < 1.29 is 166 Å². The number of Topliss-reactive ketones (excluding diaryl/α,β-unsaturated/α-hetero) is 4. The smallest absolute Gasteiger partial charge is 1.00 e. The van der Waals surface area contributed by atoms with Crippen molar-refractivity contribution >= 4 is 142 Å². The first-order chi connectivity index (χ1) is 55.3. The van der Waals surface area contributed by atoms with Crippen molar-refractivity contribution in [1.82, 2.24) is 42.0 Å². The van der Waals surface area contributed by atoms with Crippen molar-refractivity contribution in [3.05, 3.63) is 6.92 Å². The number of rotatable bonds is 32. The van der Waals surface area contributed by atoms with E-state index < -0.39 is 179 Å². The molecule has 12 N–H and O–H groups in total. The monoisotopic (exact) mass is 1950 g/mol. The molecule has 8 amide bonds. The summed E-state index contributed by atoms with van der Waals surface area (Å²) >= 11 is 0. The number of aliphatic hydroxyl groups is 3. The molecule has 0 aliphatic rings. The van der Waals surface area contributed by atoms with Crippen LogP contribution in [0.15, 0.2) is 0 Å². The Kier molecular flexibility index (Phi) is 77.2. The van der Waals surface area contributed by atoms with Crippen molar-refractivity contribution in [2.75, 3.05) is 74.6 Å². The second-order valence-corrected chi connectivity index (χ2v) is 45.4. The Morgan fingerprint density at radius 3 is 0.794 bits per heavy atom. The zero-order chi connectivity index (χ0) is 99.4. The molecule has 7 atom stereocenters. The number of alkyl carbamates (subject to hydrolysis) is 6. The summed E-state index contributed by atoms with van der Waals surface area (Å²) in [6.07, 6.45) is -3.05. The molecule has 0 aliphatic carbocycles. The van der Waals surface area contributed by atoms with E-state index in [1.165, 1.54) is 42.2 Å². The van der Waals surface area contributed by atoms with Crippen LogP contribution in [0, 0.1) is 6.92 Å². The number of hydroxylamine groups is 4. The van der Waals surface area contributed by atoms with E-state index in [9.17, 15) is 71.9 Å². The third-order valence-corrected chi connectivity index (χ3v) is 24.5. The quantitative estimate of drug-likeness (QED) is 0.0110. The number of nitrogens with two attached hydrogens (primary N) is 1. The third kappa shape index (κ3) is 79.5. The Balaban J connectivity index is -0.000000137. The standard InChI is InChI=1S/C16H34N2O5Si.C16H33NO4Si.C12H21NO5.C10H20N2O5.C10H19NO4.C8H15NO5.C7H13NO3.C2H5.BrH.ClH.Mg/c1-15(2,3)23-14(20)17-12(13(19)18(7)21-8)11-22-24(9,10)16(4,5)6;1-10-13(18)12(17-14(19)21-15(2,3)4)11-20-22(8,9)16(5,6)7;1-6-10(15)9(7-17-8(2)14)13-11(16)18-12(3,4)5;1-10(2,3)17-9(15)11-7(6-13)8(14)12(4)16-5;1-5-8(13)7(6-12)11-9(14)15-10(2,3)4;1-8(2,3)14-7(13)9-5(4-10)6(11)12;1-3-7(10)6(8)4-11-5(2)9;1-2;;;/h12H,11H2,1-10H3,(H,17,20);12H,10-11H2,1-9H3,(H,17,19);9H,6-7H2,1-5H3,(H,13,16);7,13H,6H2,1-5H3,(H,11,15);7,12H,5-6H2,1-4H3,(H,11,14);5,10H,4H2,1-3H3,(H,9,13)(H,11,12);6H,3-4,8H2,1-2H3;1H2,2H3;2*1H;/q;;;;;;;-1;;;+2/p-1. The molecule has 45 heteroatoms. The number of ether oxygens (including phenoxy) is 8. The maximum atomic E-state index is 12.4. The first kappa shape index (κ1) is 142. The Morgan fingerprint density at radius 2 is 0.571 bits per heavy atom. The van der Waals surface area contributed by atoms with Crippen molar-refractivity contribution in [3.63, 3.8) is 0 Å². The summed E-state index contributed by atoms with van der Waals surface area (Å²) in [5.41, 5.74) is 1.49. The van der Waals surface area contributed by atoms with E-state index in [-0.39, 0.29) is 125 Å². The van der Waals surface area contributed by atoms with Gasteiger partial charge in [-0.3, -0.25) is 48.0 Å². The van der Waals surface area contributed by atoms with Gasteiger partial charge in [0.25, 0.3) is 11.8 Å².